The summed E-state index contributed by atoms with van der Waals surface area (Å²) in [6, 6.07) is 11.6. The minimum atomic E-state index is -4.38. The topological polar surface area (TPSA) is 26.8 Å². The van der Waals surface area contributed by atoms with Crippen LogP contribution < -0.4 is 4.90 Å². The molecule has 0 aliphatic carbocycles. The Balaban J connectivity index is 1.54. The Morgan fingerprint density at radius 2 is 1.73 bits per heavy atom. The van der Waals surface area contributed by atoms with Crippen molar-refractivity contribution in [2.24, 2.45) is 0 Å². The van der Waals surface area contributed by atoms with Crippen LogP contribution in [0.5, 0.6) is 0 Å². The quantitative estimate of drug-likeness (QED) is 0.657. The predicted molar refractivity (Wildman–Crippen MR) is 108 cm³/mol. The van der Waals surface area contributed by atoms with Crippen LogP contribution in [0.2, 0.25) is 0 Å². The zero-order chi connectivity index (χ0) is 21.7. The van der Waals surface area contributed by atoms with Gasteiger partial charge >= 0.3 is 6.18 Å². The number of alkyl halides is 3. The summed E-state index contributed by atoms with van der Waals surface area (Å²) in [5.41, 5.74) is 0.645. The van der Waals surface area contributed by atoms with E-state index in [1.54, 1.807) is 17.0 Å². The third-order valence-corrected chi connectivity index (χ3v) is 5.27. The molecule has 2 aromatic rings. The van der Waals surface area contributed by atoms with E-state index in [0.29, 0.717) is 45.0 Å². The largest absolute Gasteiger partial charge is 0.416 e. The van der Waals surface area contributed by atoms with Crippen LogP contribution in [0, 0.1) is 5.82 Å². The summed E-state index contributed by atoms with van der Waals surface area (Å²) in [7, 11) is 0. The molecule has 1 aliphatic heterocycles. The van der Waals surface area contributed by atoms with E-state index >= 15 is 0 Å². The number of nitrogens with zero attached hydrogens (tertiary/aromatic N) is 3. The van der Waals surface area contributed by atoms with E-state index in [1.807, 2.05) is 22.8 Å². The molecule has 1 amide bonds. The highest BCUT2D eigenvalue weighted by Crippen LogP contribution is 2.31. The van der Waals surface area contributed by atoms with E-state index < -0.39 is 11.7 Å². The number of halogens is 4. The summed E-state index contributed by atoms with van der Waals surface area (Å²) in [4.78, 5) is 18.2. The van der Waals surface area contributed by atoms with Crippen molar-refractivity contribution in [3.63, 3.8) is 0 Å². The Morgan fingerprint density at radius 1 is 1.03 bits per heavy atom. The van der Waals surface area contributed by atoms with Crippen molar-refractivity contribution in [2.75, 3.05) is 44.2 Å². The van der Waals surface area contributed by atoms with Gasteiger partial charge in [0.05, 0.1) is 12.1 Å². The van der Waals surface area contributed by atoms with Crippen molar-refractivity contribution in [2.45, 2.75) is 19.6 Å². The molecule has 0 atom stereocenters. The number of anilines is 1. The van der Waals surface area contributed by atoms with E-state index in [9.17, 15) is 22.4 Å². The number of likely N-dealkylation sites (N-methyl/N-ethyl adjacent to an activating group) is 1. The molecule has 0 N–H and O–H groups in total. The Kier molecular flexibility index (Phi) is 6.97. The Labute approximate surface area is 173 Å². The lowest BCUT2D eigenvalue weighted by Gasteiger charge is -2.37. The van der Waals surface area contributed by atoms with Crippen LogP contribution in [0.3, 0.4) is 0 Å². The fourth-order valence-electron chi connectivity index (χ4n) is 3.56. The van der Waals surface area contributed by atoms with Crippen LogP contribution in [-0.2, 0) is 17.5 Å². The van der Waals surface area contributed by atoms with Crippen molar-refractivity contribution >= 4 is 11.6 Å². The number of piperazine rings is 1. The number of hydrogen-bond acceptors (Lipinski definition) is 3. The number of amides is 1. The molecular weight excluding hydrogens is 398 g/mol. The van der Waals surface area contributed by atoms with Crippen LogP contribution in [-0.4, -0.2) is 55.0 Å². The first kappa shape index (κ1) is 22.1. The summed E-state index contributed by atoms with van der Waals surface area (Å²) in [5, 5.41) is 0. The van der Waals surface area contributed by atoms with Gasteiger partial charge < -0.3 is 9.80 Å². The Bertz CT molecular complexity index is 863. The SMILES string of the molecule is CCN(CC(=O)N1CCN(c2cccc(C(F)(F)F)c2)CC1)Cc1cccc(F)c1. The number of rotatable bonds is 6. The van der Waals surface area contributed by atoms with Gasteiger partial charge in [0.25, 0.3) is 0 Å². The summed E-state index contributed by atoms with van der Waals surface area (Å²) in [6.07, 6.45) is -4.38. The van der Waals surface area contributed by atoms with E-state index in [0.717, 1.165) is 17.7 Å². The smallest absolute Gasteiger partial charge is 0.368 e. The van der Waals surface area contributed by atoms with E-state index in [2.05, 4.69) is 0 Å². The van der Waals surface area contributed by atoms with Gasteiger partial charge in [0, 0.05) is 38.4 Å². The van der Waals surface area contributed by atoms with E-state index in [1.165, 1.54) is 18.2 Å². The van der Waals surface area contributed by atoms with Crippen molar-refractivity contribution < 1.29 is 22.4 Å². The molecule has 162 valence electrons. The second-order valence-corrected chi connectivity index (χ2v) is 7.35. The van der Waals surface area contributed by atoms with Gasteiger partial charge in [-0.2, -0.15) is 13.2 Å². The maximum absolute atomic E-state index is 13.4. The lowest BCUT2D eigenvalue weighted by Crippen LogP contribution is -2.51. The average molecular weight is 423 g/mol. The second-order valence-electron chi connectivity index (χ2n) is 7.35. The first-order valence-corrected chi connectivity index (χ1v) is 9.93. The van der Waals surface area contributed by atoms with Gasteiger partial charge in [-0.05, 0) is 42.4 Å². The standard InChI is InChI=1S/C22H25F4N3O/c1-2-27(15-17-5-3-7-19(23)13-17)16-21(30)29-11-9-28(10-12-29)20-8-4-6-18(14-20)22(24,25)26/h3-8,13-14H,2,9-12,15-16H2,1H3. The predicted octanol–water partition coefficient (Wildman–Crippen LogP) is 4.02. The van der Waals surface area contributed by atoms with Gasteiger partial charge in [-0.1, -0.05) is 25.1 Å². The van der Waals surface area contributed by atoms with Crippen molar-refractivity contribution in [3.05, 3.63) is 65.5 Å². The monoisotopic (exact) mass is 423 g/mol. The van der Waals surface area contributed by atoms with E-state index in [4.69, 9.17) is 0 Å². The zero-order valence-corrected chi connectivity index (χ0v) is 16.8. The summed E-state index contributed by atoms with van der Waals surface area (Å²) in [6.45, 7) is 5.14. The number of benzene rings is 2. The number of carbonyl (C=O) groups is 1. The van der Waals surface area contributed by atoms with Crippen LogP contribution >= 0.6 is 0 Å². The highest BCUT2D eigenvalue weighted by molar-refractivity contribution is 5.78. The molecular formula is C22H25F4N3O. The number of hydrogen-bond donors (Lipinski definition) is 0. The van der Waals surface area contributed by atoms with Gasteiger partial charge in [-0.15, -0.1) is 0 Å². The summed E-state index contributed by atoms with van der Waals surface area (Å²) >= 11 is 0. The molecule has 1 fully saturated rings. The minimum absolute atomic E-state index is 0.0306. The first-order chi connectivity index (χ1) is 14.3. The molecule has 1 aliphatic rings. The molecule has 3 rings (SSSR count). The molecule has 0 radical (unpaired) electrons. The van der Waals surface area contributed by atoms with Crippen LogP contribution in [0.1, 0.15) is 18.1 Å². The zero-order valence-electron chi connectivity index (χ0n) is 16.8. The third-order valence-electron chi connectivity index (χ3n) is 5.27. The fraction of sp³-hybridized carbons (Fsp3) is 0.409. The molecule has 1 saturated heterocycles. The van der Waals surface area contributed by atoms with Crippen LogP contribution in [0.4, 0.5) is 23.2 Å². The molecule has 0 bridgehead atoms. The molecule has 1 heterocycles. The van der Waals surface area contributed by atoms with Crippen LogP contribution in [0.25, 0.3) is 0 Å². The number of carbonyl (C=O) groups excluding carboxylic acids is 1. The minimum Gasteiger partial charge on any atom is -0.368 e. The summed E-state index contributed by atoms with van der Waals surface area (Å²) < 4.78 is 52.2. The maximum atomic E-state index is 13.4. The Hall–Kier alpha value is -2.61. The van der Waals surface area contributed by atoms with Crippen LogP contribution in [0.15, 0.2) is 48.5 Å². The van der Waals surface area contributed by atoms with Gasteiger partial charge in [-0.25, -0.2) is 4.39 Å². The Morgan fingerprint density at radius 3 is 2.37 bits per heavy atom. The van der Waals surface area contributed by atoms with Crippen molar-refractivity contribution in [1.29, 1.82) is 0 Å². The molecule has 30 heavy (non-hydrogen) atoms. The molecule has 0 aromatic heterocycles. The maximum Gasteiger partial charge on any atom is 0.416 e. The molecule has 4 nitrogen and oxygen atoms in total. The normalized spacial score (nSPS) is 15.0. The van der Waals surface area contributed by atoms with Crippen molar-refractivity contribution in [1.82, 2.24) is 9.80 Å². The third kappa shape index (κ3) is 5.72. The second kappa shape index (κ2) is 9.47. The lowest BCUT2D eigenvalue weighted by atomic mass is 10.1. The highest BCUT2D eigenvalue weighted by Gasteiger charge is 2.31. The lowest BCUT2D eigenvalue weighted by molar-refractivity contribution is -0.137. The van der Waals surface area contributed by atoms with Gasteiger partial charge in [-0.3, -0.25) is 9.69 Å². The van der Waals surface area contributed by atoms with Gasteiger partial charge in [0.15, 0.2) is 0 Å². The fourth-order valence-corrected chi connectivity index (χ4v) is 3.56. The molecule has 0 saturated carbocycles. The summed E-state index contributed by atoms with van der Waals surface area (Å²) in [5.74, 6) is -0.336. The first-order valence-electron chi connectivity index (χ1n) is 9.93. The van der Waals surface area contributed by atoms with Gasteiger partial charge in [0.2, 0.25) is 5.91 Å². The molecule has 2 aromatic carbocycles. The molecule has 0 unspecified atom stereocenters. The van der Waals surface area contributed by atoms with Crippen molar-refractivity contribution in [3.8, 4) is 0 Å². The van der Waals surface area contributed by atoms with E-state index in [-0.39, 0.29) is 18.3 Å². The highest BCUT2D eigenvalue weighted by atomic mass is 19.4. The molecule has 8 heteroatoms. The van der Waals surface area contributed by atoms with Gasteiger partial charge in [0.1, 0.15) is 5.82 Å². The average Bonchev–Trinajstić information content (AvgIpc) is 2.73. The molecule has 0 spiro atoms.